The molecule has 2 aromatic carbocycles. The summed E-state index contributed by atoms with van der Waals surface area (Å²) in [6.07, 6.45) is 2.90. The number of nitrogens with two attached hydrogens (primary N) is 1. The second-order valence-electron chi connectivity index (χ2n) is 7.05. The maximum atomic E-state index is 14.0. The van der Waals surface area contributed by atoms with Gasteiger partial charge in [-0.2, -0.15) is 4.39 Å². The molecule has 3 N–H and O–H groups in total. The molecule has 0 saturated carbocycles. The summed E-state index contributed by atoms with van der Waals surface area (Å²) < 4.78 is 44.4. The Morgan fingerprint density at radius 3 is 2.58 bits per heavy atom. The molecule has 1 unspecified atom stereocenters. The van der Waals surface area contributed by atoms with Gasteiger partial charge in [0, 0.05) is 18.4 Å². The predicted molar refractivity (Wildman–Crippen MR) is 123 cm³/mol. The molecule has 1 aliphatic heterocycles. The van der Waals surface area contributed by atoms with Crippen LogP contribution in [-0.2, 0) is 4.79 Å². The van der Waals surface area contributed by atoms with E-state index in [1.54, 1.807) is 41.4 Å². The summed E-state index contributed by atoms with van der Waals surface area (Å²) >= 11 is 0.981. The lowest BCUT2D eigenvalue weighted by molar-refractivity contribution is -0.117. The van der Waals surface area contributed by atoms with Gasteiger partial charge < -0.3 is 15.0 Å². The lowest BCUT2D eigenvalue weighted by Crippen LogP contribution is -2.40. The molecule has 1 atom stereocenters. The fourth-order valence-electron chi connectivity index (χ4n) is 3.46. The van der Waals surface area contributed by atoms with Crippen LogP contribution >= 0.6 is 11.9 Å². The summed E-state index contributed by atoms with van der Waals surface area (Å²) in [5.41, 5.74) is 0.930. The first-order valence-electron chi connectivity index (χ1n) is 10.1. The number of carbonyl (C=O) groups is 1. The number of nitrogens with one attached hydrogen (secondary N) is 1. The molecule has 1 aromatic heterocycles. The van der Waals surface area contributed by atoms with Gasteiger partial charge in [-0.3, -0.25) is 9.93 Å². The summed E-state index contributed by atoms with van der Waals surface area (Å²) in [6, 6.07) is 13.2. The van der Waals surface area contributed by atoms with Crippen molar-refractivity contribution in [2.75, 3.05) is 23.9 Å². The van der Waals surface area contributed by atoms with Gasteiger partial charge in [0.15, 0.2) is 11.6 Å². The number of carbonyl (C=O) groups excluding carboxylic acids is 1. The summed E-state index contributed by atoms with van der Waals surface area (Å²) in [6.45, 7) is 0.541. The van der Waals surface area contributed by atoms with Gasteiger partial charge in [-0.25, -0.2) is 13.8 Å². The Bertz CT molecular complexity index is 1090. The second-order valence-corrected chi connectivity index (χ2v) is 7.70. The molecule has 1 amide bonds. The van der Waals surface area contributed by atoms with Crippen LogP contribution in [0.4, 0.5) is 24.5 Å². The van der Waals surface area contributed by atoms with E-state index in [0.717, 1.165) is 24.4 Å². The van der Waals surface area contributed by atoms with E-state index in [1.807, 2.05) is 0 Å². The Morgan fingerprint density at radius 1 is 1.18 bits per heavy atom. The van der Waals surface area contributed by atoms with Gasteiger partial charge in [0.2, 0.25) is 11.7 Å². The molecule has 3 aromatic rings. The maximum absolute atomic E-state index is 14.0. The van der Waals surface area contributed by atoms with E-state index in [0.29, 0.717) is 29.4 Å². The summed E-state index contributed by atoms with van der Waals surface area (Å²) in [4.78, 5) is 18.5. The van der Waals surface area contributed by atoms with E-state index in [4.69, 9.17) is 9.88 Å². The van der Waals surface area contributed by atoms with E-state index in [1.165, 1.54) is 25.3 Å². The molecular formula is C23H23F3N4O2S. The molecule has 2 heterocycles. The minimum Gasteiger partial charge on any atom is -0.491 e. The van der Waals surface area contributed by atoms with Crippen molar-refractivity contribution in [1.82, 2.24) is 4.98 Å². The van der Waals surface area contributed by atoms with Crippen LogP contribution in [0, 0.1) is 17.5 Å². The summed E-state index contributed by atoms with van der Waals surface area (Å²) in [7, 11) is 1.27. The topological polar surface area (TPSA) is 80.5 Å². The number of hydrogen-bond donors (Lipinski definition) is 2. The SMILES string of the molecule is COc1c(N2CCCC2C(=O)Nc2ccnc(SN)c2)ccc(F)c1F.Fc1ccccc1. The highest BCUT2D eigenvalue weighted by Gasteiger charge is 2.33. The molecule has 4 rings (SSSR count). The minimum absolute atomic E-state index is 0.178. The van der Waals surface area contributed by atoms with Crippen molar-refractivity contribution >= 4 is 29.2 Å². The average molecular weight is 477 g/mol. The number of pyridine rings is 1. The highest BCUT2D eigenvalue weighted by atomic mass is 32.2. The Hall–Kier alpha value is -3.24. The fraction of sp³-hybridized carbons (Fsp3) is 0.217. The number of nitrogens with zero attached hydrogens (tertiary/aromatic N) is 2. The Balaban J connectivity index is 0.000000374. The molecule has 0 bridgehead atoms. The quantitative estimate of drug-likeness (QED) is 0.517. The molecule has 174 valence electrons. The molecule has 10 heteroatoms. The van der Waals surface area contributed by atoms with Gasteiger partial charge in [-0.15, -0.1) is 0 Å². The Morgan fingerprint density at radius 2 is 1.94 bits per heavy atom. The number of ether oxygens (including phenoxy) is 1. The average Bonchev–Trinajstić information content (AvgIpc) is 3.32. The lowest BCUT2D eigenvalue weighted by atomic mass is 10.1. The molecule has 33 heavy (non-hydrogen) atoms. The van der Waals surface area contributed by atoms with E-state index < -0.39 is 17.7 Å². The van der Waals surface area contributed by atoms with E-state index in [9.17, 15) is 18.0 Å². The molecule has 0 aliphatic carbocycles. The van der Waals surface area contributed by atoms with Crippen LogP contribution in [-0.4, -0.2) is 30.6 Å². The first kappa shape index (κ1) is 24.4. The third-order valence-corrected chi connectivity index (χ3v) is 5.42. The van der Waals surface area contributed by atoms with Crippen molar-refractivity contribution in [3.05, 3.63) is 78.2 Å². The van der Waals surface area contributed by atoms with Crippen LogP contribution in [0.1, 0.15) is 12.8 Å². The highest BCUT2D eigenvalue weighted by Crippen LogP contribution is 2.37. The van der Waals surface area contributed by atoms with E-state index in [-0.39, 0.29) is 17.5 Å². The number of halogens is 3. The van der Waals surface area contributed by atoms with Crippen LogP contribution in [0.5, 0.6) is 5.75 Å². The zero-order valence-corrected chi connectivity index (χ0v) is 18.6. The molecule has 1 fully saturated rings. The van der Waals surface area contributed by atoms with Crippen LogP contribution in [0.25, 0.3) is 0 Å². The first-order valence-corrected chi connectivity index (χ1v) is 11.0. The molecule has 1 saturated heterocycles. The summed E-state index contributed by atoms with van der Waals surface area (Å²) in [5, 5.41) is 8.88. The predicted octanol–water partition coefficient (Wildman–Crippen LogP) is 4.77. The zero-order valence-electron chi connectivity index (χ0n) is 17.8. The van der Waals surface area contributed by atoms with Gasteiger partial charge in [-0.1, -0.05) is 18.2 Å². The van der Waals surface area contributed by atoms with E-state index >= 15 is 0 Å². The number of methoxy groups -OCH3 is 1. The molecule has 0 radical (unpaired) electrons. The van der Waals surface area contributed by atoms with Crippen LogP contribution in [0.2, 0.25) is 0 Å². The highest BCUT2D eigenvalue weighted by molar-refractivity contribution is 7.97. The second kappa shape index (κ2) is 11.6. The Labute approximate surface area is 194 Å². The third-order valence-electron chi connectivity index (χ3n) is 4.95. The molecule has 1 aliphatic rings. The monoisotopic (exact) mass is 476 g/mol. The van der Waals surface area contributed by atoms with Crippen molar-refractivity contribution in [2.24, 2.45) is 5.14 Å². The number of hydrogen-bond acceptors (Lipinski definition) is 6. The normalized spacial score (nSPS) is 14.9. The van der Waals surface area contributed by atoms with Gasteiger partial charge in [-0.05, 0) is 61.2 Å². The molecular weight excluding hydrogens is 453 g/mol. The zero-order chi connectivity index (χ0) is 23.8. The van der Waals surface area contributed by atoms with Crippen molar-refractivity contribution in [3.63, 3.8) is 0 Å². The van der Waals surface area contributed by atoms with Crippen LogP contribution in [0.3, 0.4) is 0 Å². The van der Waals surface area contributed by atoms with Crippen LogP contribution < -0.4 is 20.1 Å². The van der Waals surface area contributed by atoms with Crippen molar-refractivity contribution in [3.8, 4) is 5.75 Å². The smallest absolute Gasteiger partial charge is 0.247 e. The number of aromatic nitrogens is 1. The number of anilines is 2. The summed E-state index contributed by atoms with van der Waals surface area (Å²) in [5.74, 6) is -2.67. The number of amides is 1. The van der Waals surface area contributed by atoms with Crippen molar-refractivity contribution in [2.45, 2.75) is 23.9 Å². The largest absolute Gasteiger partial charge is 0.491 e. The third kappa shape index (κ3) is 6.17. The number of rotatable bonds is 5. The lowest BCUT2D eigenvalue weighted by Gasteiger charge is -2.27. The fourth-order valence-corrected chi connectivity index (χ4v) is 3.78. The van der Waals surface area contributed by atoms with E-state index in [2.05, 4.69) is 10.3 Å². The minimum atomic E-state index is -1.06. The maximum Gasteiger partial charge on any atom is 0.247 e. The van der Waals surface area contributed by atoms with Crippen LogP contribution in [0.15, 0.2) is 65.8 Å². The number of benzene rings is 2. The standard InChI is InChI=1S/C17H18F2N4O2S.C6H5F/c1-25-16-12(5-4-11(18)15(16)19)23-8-2-3-13(23)17(24)22-10-6-7-21-14(9-10)26-20;7-6-4-2-1-3-5-6/h4-7,9,13H,2-3,8,20H2,1H3,(H,21,22,24);1-5H. The van der Waals surface area contributed by atoms with Gasteiger partial charge in [0.25, 0.3) is 0 Å². The molecule has 6 nitrogen and oxygen atoms in total. The van der Waals surface area contributed by atoms with Gasteiger partial charge >= 0.3 is 0 Å². The molecule has 0 spiro atoms. The van der Waals surface area contributed by atoms with Gasteiger partial charge in [0.1, 0.15) is 16.9 Å². The Kier molecular flexibility index (Phi) is 8.56. The van der Waals surface area contributed by atoms with Crippen molar-refractivity contribution < 1.29 is 22.7 Å². The van der Waals surface area contributed by atoms with Crippen molar-refractivity contribution in [1.29, 1.82) is 0 Å². The van der Waals surface area contributed by atoms with Gasteiger partial charge in [0.05, 0.1) is 12.8 Å². The first-order chi connectivity index (χ1) is 15.9.